The number of carbonyl (C=O) groups is 1. The lowest BCUT2D eigenvalue weighted by molar-refractivity contribution is -0.140. The van der Waals surface area contributed by atoms with Crippen molar-refractivity contribution in [2.45, 2.75) is 39.7 Å². The van der Waals surface area contributed by atoms with Gasteiger partial charge in [0.05, 0.1) is 17.9 Å². The van der Waals surface area contributed by atoms with E-state index in [1.165, 1.54) is 0 Å². The second kappa shape index (κ2) is 4.43. The highest BCUT2D eigenvalue weighted by molar-refractivity contribution is 5.82. The Hall–Kier alpha value is -1.45. The topological polar surface area (TPSA) is 46.1 Å². The fourth-order valence-electron chi connectivity index (χ4n) is 2.23. The van der Waals surface area contributed by atoms with Crippen LogP contribution in [0.2, 0.25) is 0 Å². The number of carbonyl (C=O) groups excluding carboxylic acids is 1. The molecule has 1 amide bonds. The molecule has 1 atom stereocenters. The lowest BCUT2D eigenvalue weighted by atomic mass is 9.94. The van der Waals surface area contributed by atoms with Crippen LogP contribution >= 0.6 is 0 Å². The Morgan fingerprint density at radius 3 is 2.76 bits per heavy atom. The summed E-state index contributed by atoms with van der Waals surface area (Å²) in [4.78, 5) is 22.7. The van der Waals surface area contributed by atoms with Crippen molar-refractivity contribution >= 4 is 5.91 Å². The summed E-state index contributed by atoms with van der Waals surface area (Å²) in [5, 5.41) is 0. The summed E-state index contributed by atoms with van der Waals surface area (Å²) in [5.74, 6) is 0.200. The number of rotatable bonds is 1. The molecule has 17 heavy (non-hydrogen) atoms. The van der Waals surface area contributed by atoms with Crippen molar-refractivity contribution < 1.29 is 4.79 Å². The Labute approximate surface area is 102 Å². The van der Waals surface area contributed by atoms with Gasteiger partial charge in [-0.1, -0.05) is 20.8 Å². The van der Waals surface area contributed by atoms with E-state index in [-0.39, 0.29) is 17.4 Å². The summed E-state index contributed by atoms with van der Waals surface area (Å²) in [7, 11) is 0. The molecule has 1 aromatic heterocycles. The molecule has 0 aromatic carbocycles. The quantitative estimate of drug-likeness (QED) is 0.747. The zero-order valence-electron chi connectivity index (χ0n) is 10.7. The van der Waals surface area contributed by atoms with E-state index in [0.29, 0.717) is 0 Å². The Balaban J connectivity index is 2.22. The van der Waals surface area contributed by atoms with Gasteiger partial charge in [-0.15, -0.1) is 0 Å². The van der Waals surface area contributed by atoms with Gasteiger partial charge >= 0.3 is 0 Å². The predicted molar refractivity (Wildman–Crippen MR) is 65.2 cm³/mol. The van der Waals surface area contributed by atoms with Gasteiger partial charge in [0.1, 0.15) is 0 Å². The molecule has 4 nitrogen and oxygen atoms in total. The van der Waals surface area contributed by atoms with Crippen LogP contribution in [-0.4, -0.2) is 27.3 Å². The van der Waals surface area contributed by atoms with Gasteiger partial charge in [-0.25, -0.2) is 0 Å². The van der Waals surface area contributed by atoms with Gasteiger partial charge in [-0.2, -0.15) is 0 Å². The SMILES string of the molecule is CC(C)(C)C(=O)N1CCC[C@@H]1c1cnccn1. The number of aromatic nitrogens is 2. The molecule has 1 aromatic rings. The van der Waals surface area contributed by atoms with Crippen LogP contribution in [0, 0.1) is 5.41 Å². The van der Waals surface area contributed by atoms with Crippen molar-refractivity contribution in [1.82, 2.24) is 14.9 Å². The lowest BCUT2D eigenvalue weighted by Crippen LogP contribution is -2.39. The summed E-state index contributed by atoms with van der Waals surface area (Å²) in [6, 6.07) is 0.107. The first-order valence-corrected chi connectivity index (χ1v) is 6.07. The fourth-order valence-corrected chi connectivity index (χ4v) is 2.23. The molecule has 0 spiro atoms. The second-order valence-electron chi connectivity index (χ2n) is 5.54. The Kier molecular flexibility index (Phi) is 3.13. The normalized spacial score (nSPS) is 20.6. The van der Waals surface area contributed by atoms with Crippen LogP contribution in [0.25, 0.3) is 0 Å². The number of likely N-dealkylation sites (tertiary alicyclic amines) is 1. The highest BCUT2D eigenvalue weighted by atomic mass is 16.2. The fraction of sp³-hybridized carbons (Fsp3) is 0.615. The largest absolute Gasteiger partial charge is 0.334 e. The molecule has 0 bridgehead atoms. The highest BCUT2D eigenvalue weighted by Gasteiger charge is 2.36. The maximum absolute atomic E-state index is 12.3. The molecule has 0 radical (unpaired) electrons. The summed E-state index contributed by atoms with van der Waals surface area (Å²) in [6.07, 6.45) is 7.14. The van der Waals surface area contributed by atoms with Gasteiger partial charge in [-0.05, 0) is 12.8 Å². The van der Waals surface area contributed by atoms with Crippen LogP contribution in [0.3, 0.4) is 0 Å². The van der Waals surface area contributed by atoms with E-state index in [4.69, 9.17) is 0 Å². The molecule has 2 heterocycles. The minimum atomic E-state index is -0.329. The maximum atomic E-state index is 12.3. The first kappa shape index (κ1) is 12.0. The zero-order valence-corrected chi connectivity index (χ0v) is 10.7. The van der Waals surface area contributed by atoms with Crippen LogP contribution < -0.4 is 0 Å². The standard InChI is InChI=1S/C13H19N3O/c1-13(2,3)12(17)16-8-4-5-11(16)10-9-14-6-7-15-10/h6-7,9,11H,4-5,8H2,1-3H3/t11-/m1/s1. The van der Waals surface area contributed by atoms with Crippen LogP contribution in [0.1, 0.15) is 45.3 Å². The number of hydrogen-bond donors (Lipinski definition) is 0. The molecule has 0 N–H and O–H groups in total. The van der Waals surface area contributed by atoms with E-state index in [2.05, 4.69) is 9.97 Å². The van der Waals surface area contributed by atoms with Gasteiger partial charge < -0.3 is 4.90 Å². The second-order valence-corrected chi connectivity index (χ2v) is 5.54. The molecule has 0 unspecified atom stereocenters. The van der Waals surface area contributed by atoms with Crippen LogP contribution in [-0.2, 0) is 4.79 Å². The van der Waals surface area contributed by atoms with Crippen LogP contribution in [0.5, 0.6) is 0 Å². The summed E-state index contributed by atoms with van der Waals surface area (Å²) in [5.41, 5.74) is 0.577. The van der Waals surface area contributed by atoms with Gasteiger partial charge in [0.15, 0.2) is 0 Å². The molecular weight excluding hydrogens is 214 g/mol. The van der Waals surface area contributed by atoms with Gasteiger partial charge in [0.2, 0.25) is 5.91 Å². The summed E-state index contributed by atoms with van der Waals surface area (Å²) < 4.78 is 0. The number of hydrogen-bond acceptors (Lipinski definition) is 3. The summed E-state index contributed by atoms with van der Waals surface area (Å²) in [6.45, 7) is 6.71. The minimum absolute atomic E-state index is 0.107. The predicted octanol–water partition coefficient (Wildman–Crippen LogP) is 2.19. The molecular formula is C13H19N3O. The van der Waals surface area contributed by atoms with Crippen molar-refractivity contribution in [3.8, 4) is 0 Å². The van der Waals surface area contributed by atoms with Crippen molar-refractivity contribution in [1.29, 1.82) is 0 Å². The molecule has 1 fully saturated rings. The van der Waals surface area contributed by atoms with E-state index < -0.39 is 0 Å². The average molecular weight is 233 g/mol. The third-order valence-corrected chi connectivity index (χ3v) is 3.08. The number of amides is 1. The monoisotopic (exact) mass is 233 g/mol. The van der Waals surface area contributed by atoms with Gasteiger partial charge in [-0.3, -0.25) is 14.8 Å². The average Bonchev–Trinajstić information content (AvgIpc) is 2.76. The first-order chi connectivity index (χ1) is 8.00. The molecule has 92 valence electrons. The molecule has 1 aliphatic heterocycles. The minimum Gasteiger partial charge on any atom is -0.334 e. The smallest absolute Gasteiger partial charge is 0.228 e. The zero-order chi connectivity index (χ0) is 12.5. The molecule has 1 saturated heterocycles. The molecule has 0 saturated carbocycles. The van der Waals surface area contributed by atoms with E-state index in [0.717, 1.165) is 25.1 Å². The van der Waals surface area contributed by atoms with E-state index in [1.807, 2.05) is 25.7 Å². The first-order valence-electron chi connectivity index (χ1n) is 6.07. The van der Waals surface area contributed by atoms with Crippen molar-refractivity contribution in [3.63, 3.8) is 0 Å². The summed E-state index contributed by atoms with van der Waals surface area (Å²) >= 11 is 0. The number of nitrogens with zero attached hydrogens (tertiary/aromatic N) is 3. The molecule has 2 rings (SSSR count). The Morgan fingerprint density at radius 2 is 2.18 bits per heavy atom. The molecule has 4 heteroatoms. The highest BCUT2D eigenvalue weighted by Crippen LogP contribution is 2.33. The van der Waals surface area contributed by atoms with Gasteiger partial charge in [0, 0.05) is 24.4 Å². The van der Waals surface area contributed by atoms with Crippen LogP contribution in [0.15, 0.2) is 18.6 Å². The van der Waals surface area contributed by atoms with E-state index in [1.54, 1.807) is 18.6 Å². The molecule has 1 aliphatic rings. The van der Waals surface area contributed by atoms with Crippen LogP contribution in [0.4, 0.5) is 0 Å². The van der Waals surface area contributed by atoms with E-state index in [9.17, 15) is 4.79 Å². The molecule has 0 aliphatic carbocycles. The van der Waals surface area contributed by atoms with Crippen molar-refractivity contribution in [3.05, 3.63) is 24.3 Å². The third kappa shape index (κ3) is 2.46. The third-order valence-electron chi connectivity index (χ3n) is 3.08. The van der Waals surface area contributed by atoms with E-state index >= 15 is 0 Å². The van der Waals surface area contributed by atoms with Crippen molar-refractivity contribution in [2.24, 2.45) is 5.41 Å². The lowest BCUT2D eigenvalue weighted by Gasteiger charge is -2.30. The van der Waals surface area contributed by atoms with Crippen molar-refractivity contribution in [2.75, 3.05) is 6.54 Å². The Morgan fingerprint density at radius 1 is 1.41 bits per heavy atom. The van der Waals surface area contributed by atoms with Gasteiger partial charge in [0.25, 0.3) is 0 Å². The maximum Gasteiger partial charge on any atom is 0.228 e. The Bertz CT molecular complexity index is 397.